The van der Waals surface area contributed by atoms with Crippen LogP contribution in [-0.4, -0.2) is 27.6 Å². The summed E-state index contributed by atoms with van der Waals surface area (Å²) in [7, 11) is 0. The van der Waals surface area contributed by atoms with Crippen molar-refractivity contribution in [2.75, 3.05) is 11.9 Å². The molecule has 0 spiro atoms. The first-order valence-electron chi connectivity index (χ1n) is 6.14. The van der Waals surface area contributed by atoms with Gasteiger partial charge < -0.3 is 9.15 Å². The number of carbonyl (C=O) groups is 1. The van der Waals surface area contributed by atoms with Crippen LogP contribution in [0.4, 0.5) is 11.0 Å². The van der Waals surface area contributed by atoms with Gasteiger partial charge in [-0.15, -0.1) is 5.10 Å². The average Bonchev–Trinajstić information content (AvgIpc) is 3.19. The van der Waals surface area contributed by atoms with Crippen LogP contribution in [0.3, 0.4) is 0 Å². The van der Waals surface area contributed by atoms with E-state index in [4.69, 9.17) is 9.15 Å². The normalized spacial score (nSPS) is 17.8. The number of thiophene rings is 1. The molecule has 10 heteroatoms. The average molecular weight is 310 g/mol. The zero-order chi connectivity index (χ0) is 14.8. The number of rotatable bonds is 4. The van der Waals surface area contributed by atoms with Crippen LogP contribution in [-0.2, 0) is 4.74 Å². The molecule has 0 radical (unpaired) electrons. The zero-order valence-electron chi connectivity index (χ0n) is 10.6. The van der Waals surface area contributed by atoms with E-state index >= 15 is 0 Å². The van der Waals surface area contributed by atoms with Crippen LogP contribution >= 0.6 is 11.3 Å². The molecule has 21 heavy (non-hydrogen) atoms. The van der Waals surface area contributed by atoms with Gasteiger partial charge in [0.05, 0.1) is 9.80 Å². The van der Waals surface area contributed by atoms with Gasteiger partial charge in [0.2, 0.25) is 5.89 Å². The van der Waals surface area contributed by atoms with Crippen LogP contribution in [0.2, 0.25) is 0 Å². The molecule has 9 nitrogen and oxygen atoms in total. The quantitative estimate of drug-likeness (QED) is 0.678. The summed E-state index contributed by atoms with van der Waals surface area (Å²) in [6.45, 7) is 0.646. The minimum Gasteiger partial charge on any atom is -0.405 e. The maximum atomic E-state index is 11.9. The van der Waals surface area contributed by atoms with Crippen LogP contribution < -0.4 is 5.32 Å². The van der Waals surface area contributed by atoms with E-state index in [0.717, 1.165) is 24.2 Å². The lowest BCUT2D eigenvalue weighted by molar-refractivity contribution is -0.380. The third kappa shape index (κ3) is 2.90. The van der Waals surface area contributed by atoms with E-state index < -0.39 is 10.8 Å². The fourth-order valence-corrected chi connectivity index (χ4v) is 2.61. The fourth-order valence-electron chi connectivity index (χ4n) is 1.89. The van der Waals surface area contributed by atoms with Crippen molar-refractivity contribution in [3.8, 4) is 0 Å². The number of nitrogens with one attached hydrogen (secondary N) is 1. The third-order valence-electron chi connectivity index (χ3n) is 2.86. The van der Waals surface area contributed by atoms with Gasteiger partial charge >= 0.3 is 11.0 Å². The van der Waals surface area contributed by atoms with Gasteiger partial charge in [-0.25, -0.2) is 0 Å². The van der Waals surface area contributed by atoms with Crippen molar-refractivity contribution in [2.24, 2.45) is 0 Å². The highest BCUT2D eigenvalue weighted by atomic mass is 32.1. The second-order valence-electron chi connectivity index (χ2n) is 4.30. The lowest BCUT2D eigenvalue weighted by Gasteiger charge is -2.01. The molecular formula is C11H10N4O5S. The molecule has 2 aromatic rings. The number of ether oxygens (including phenoxy) is 1. The molecule has 1 fully saturated rings. The number of nitrogens with zero attached hydrogens (tertiary/aromatic N) is 3. The summed E-state index contributed by atoms with van der Waals surface area (Å²) in [5.41, 5.74) is 0. The van der Waals surface area contributed by atoms with Crippen molar-refractivity contribution in [1.82, 2.24) is 10.2 Å². The number of amides is 1. The van der Waals surface area contributed by atoms with E-state index in [1.165, 1.54) is 12.1 Å². The Labute approximate surface area is 122 Å². The van der Waals surface area contributed by atoms with Crippen molar-refractivity contribution >= 4 is 28.3 Å². The van der Waals surface area contributed by atoms with Gasteiger partial charge in [-0.2, -0.15) is 0 Å². The van der Waals surface area contributed by atoms with E-state index in [1.54, 1.807) is 0 Å². The Morgan fingerprint density at radius 3 is 3.00 bits per heavy atom. The number of hydrogen-bond donors (Lipinski definition) is 1. The fraction of sp³-hybridized carbons (Fsp3) is 0.364. The highest BCUT2D eigenvalue weighted by Crippen LogP contribution is 2.28. The number of nitro groups is 1. The van der Waals surface area contributed by atoms with Gasteiger partial charge in [0.15, 0.2) is 0 Å². The smallest absolute Gasteiger partial charge is 0.324 e. The van der Waals surface area contributed by atoms with E-state index in [-0.39, 0.29) is 22.0 Å². The monoisotopic (exact) mass is 310 g/mol. The van der Waals surface area contributed by atoms with Crippen molar-refractivity contribution in [3.05, 3.63) is 33.0 Å². The predicted molar refractivity (Wildman–Crippen MR) is 71.2 cm³/mol. The van der Waals surface area contributed by atoms with Gasteiger partial charge in [0, 0.05) is 12.7 Å². The van der Waals surface area contributed by atoms with Crippen LogP contribution in [0.15, 0.2) is 16.5 Å². The van der Waals surface area contributed by atoms with Crippen molar-refractivity contribution in [1.29, 1.82) is 0 Å². The summed E-state index contributed by atoms with van der Waals surface area (Å²) in [4.78, 5) is 22.1. The molecule has 3 heterocycles. The van der Waals surface area contributed by atoms with Gasteiger partial charge in [0.1, 0.15) is 6.10 Å². The van der Waals surface area contributed by atoms with Crippen LogP contribution in [0, 0.1) is 10.1 Å². The molecule has 1 aliphatic rings. The first-order chi connectivity index (χ1) is 10.1. The number of aromatic nitrogens is 2. The third-order valence-corrected chi connectivity index (χ3v) is 3.90. The topological polar surface area (TPSA) is 120 Å². The van der Waals surface area contributed by atoms with Crippen LogP contribution in [0.1, 0.15) is 34.5 Å². The summed E-state index contributed by atoms with van der Waals surface area (Å²) in [5.74, 6) is -0.212. The van der Waals surface area contributed by atoms with Crippen molar-refractivity contribution in [2.45, 2.75) is 18.9 Å². The van der Waals surface area contributed by atoms with Gasteiger partial charge in [0.25, 0.3) is 5.91 Å². The second kappa shape index (κ2) is 5.58. The van der Waals surface area contributed by atoms with Gasteiger partial charge in [-0.05, 0) is 18.9 Å². The molecule has 1 atom stereocenters. The minimum absolute atomic E-state index is 0.0541. The maximum Gasteiger partial charge on any atom is 0.324 e. The Morgan fingerprint density at radius 1 is 1.48 bits per heavy atom. The summed E-state index contributed by atoms with van der Waals surface area (Å²) in [5, 5.41) is 20.4. The molecule has 110 valence electrons. The first-order valence-corrected chi connectivity index (χ1v) is 6.96. The molecule has 1 unspecified atom stereocenters. The van der Waals surface area contributed by atoms with Crippen molar-refractivity contribution < 1.29 is 18.9 Å². The Bertz CT molecular complexity index is 676. The maximum absolute atomic E-state index is 11.9. The highest BCUT2D eigenvalue weighted by molar-refractivity contribution is 7.17. The Morgan fingerprint density at radius 2 is 2.33 bits per heavy atom. The summed E-state index contributed by atoms with van der Waals surface area (Å²) in [6, 6.07) is 2.59. The highest BCUT2D eigenvalue weighted by Gasteiger charge is 2.24. The molecule has 1 aliphatic heterocycles. The summed E-state index contributed by atoms with van der Waals surface area (Å²) in [6.07, 6.45) is 1.49. The molecule has 1 N–H and O–H groups in total. The van der Waals surface area contributed by atoms with E-state index in [2.05, 4.69) is 15.5 Å². The molecular weight excluding hydrogens is 300 g/mol. The number of anilines is 1. The number of carbonyl (C=O) groups excluding carboxylic acids is 1. The Hall–Kier alpha value is -2.33. The molecule has 1 saturated heterocycles. The molecule has 0 bridgehead atoms. The molecule has 0 aliphatic carbocycles. The lowest BCUT2D eigenvalue weighted by Crippen LogP contribution is -2.10. The SMILES string of the molecule is O=C(Nc1nnc(C2CCCO2)o1)c1ccc([N+](=O)[O-])s1. The van der Waals surface area contributed by atoms with E-state index in [9.17, 15) is 14.9 Å². The zero-order valence-corrected chi connectivity index (χ0v) is 11.5. The molecule has 3 rings (SSSR count). The molecule has 0 aromatic carbocycles. The molecule has 1 amide bonds. The van der Waals surface area contributed by atoms with E-state index in [1.807, 2.05) is 0 Å². The first kappa shape index (κ1) is 13.6. The largest absolute Gasteiger partial charge is 0.405 e. The van der Waals surface area contributed by atoms with Gasteiger partial charge in [-0.1, -0.05) is 16.4 Å². The summed E-state index contributed by atoms with van der Waals surface area (Å²) < 4.78 is 10.7. The minimum atomic E-state index is -0.552. The Kier molecular flexibility index (Phi) is 3.62. The van der Waals surface area contributed by atoms with Crippen molar-refractivity contribution in [3.63, 3.8) is 0 Å². The van der Waals surface area contributed by atoms with Crippen LogP contribution in [0.5, 0.6) is 0 Å². The molecule has 2 aromatic heterocycles. The summed E-state index contributed by atoms with van der Waals surface area (Å²) >= 11 is 0.775. The van der Waals surface area contributed by atoms with E-state index in [0.29, 0.717) is 12.5 Å². The van der Waals surface area contributed by atoms with Crippen LogP contribution in [0.25, 0.3) is 0 Å². The standard InChI is InChI=1S/C11H10N4O5S/c16-9(7-3-4-8(21-7)15(17)18)12-11-14-13-10(20-11)6-2-1-5-19-6/h3-4,6H,1-2,5H2,(H,12,14,16). The predicted octanol–water partition coefficient (Wildman–Crippen LogP) is 2.14. The second-order valence-corrected chi connectivity index (χ2v) is 5.36. The number of hydrogen-bond acceptors (Lipinski definition) is 8. The molecule has 0 saturated carbocycles. The van der Waals surface area contributed by atoms with Gasteiger partial charge in [-0.3, -0.25) is 20.2 Å². The lowest BCUT2D eigenvalue weighted by atomic mass is 10.2. The Balaban J connectivity index is 1.67.